The van der Waals surface area contributed by atoms with Gasteiger partial charge in [0.05, 0.1) is 0 Å². The van der Waals surface area contributed by atoms with E-state index in [2.05, 4.69) is 10.3 Å². The van der Waals surface area contributed by atoms with Gasteiger partial charge in [-0.3, -0.25) is 0 Å². The molecule has 1 heterocycles. The minimum Gasteiger partial charge on any atom is -0.396 e. The molecule has 2 N–H and O–H groups in total. The Morgan fingerprint density at radius 3 is 2.92 bits per heavy atom. The molecule has 0 unspecified atom stereocenters. The Morgan fingerprint density at radius 2 is 2.42 bits per heavy atom. The summed E-state index contributed by atoms with van der Waals surface area (Å²) in [5.41, 5.74) is -0.0768. The van der Waals surface area contributed by atoms with E-state index >= 15 is 0 Å². The van der Waals surface area contributed by atoms with Crippen molar-refractivity contribution in [1.29, 1.82) is 0 Å². The van der Waals surface area contributed by atoms with Gasteiger partial charge in [0.1, 0.15) is 0 Å². The zero-order valence-corrected chi connectivity index (χ0v) is 8.19. The van der Waals surface area contributed by atoms with Crippen LogP contribution in [0, 0.1) is 0 Å². The van der Waals surface area contributed by atoms with Gasteiger partial charge in [-0.15, -0.1) is 11.3 Å². The highest BCUT2D eigenvalue weighted by Gasteiger charge is 2.16. The Morgan fingerprint density at radius 1 is 1.67 bits per heavy atom. The van der Waals surface area contributed by atoms with Crippen molar-refractivity contribution in [2.45, 2.75) is 25.8 Å². The fourth-order valence-corrected chi connectivity index (χ4v) is 1.62. The van der Waals surface area contributed by atoms with Crippen molar-refractivity contribution >= 4 is 16.5 Å². The van der Waals surface area contributed by atoms with Gasteiger partial charge in [0.2, 0.25) is 0 Å². The maximum atomic E-state index is 8.77. The molecule has 0 amide bonds. The summed E-state index contributed by atoms with van der Waals surface area (Å²) in [6, 6.07) is 0. The largest absolute Gasteiger partial charge is 0.396 e. The van der Waals surface area contributed by atoms with E-state index in [4.69, 9.17) is 5.11 Å². The molecule has 0 aliphatic heterocycles. The average Bonchev–Trinajstić information content (AvgIpc) is 2.38. The molecule has 68 valence electrons. The summed E-state index contributed by atoms with van der Waals surface area (Å²) in [5, 5.41) is 14.9. The summed E-state index contributed by atoms with van der Waals surface area (Å²) in [6.07, 6.45) is 2.49. The minimum absolute atomic E-state index is 0.0768. The molecule has 0 spiro atoms. The van der Waals surface area contributed by atoms with Gasteiger partial charge in [0.25, 0.3) is 0 Å². The fraction of sp³-hybridized carbons (Fsp3) is 0.625. The van der Waals surface area contributed by atoms with Crippen LogP contribution in [0.25, 0.3) is 0 Å². The van der Waals surface area contributed by atoms with Gasteiger partial charge >= 0.3 is 0 Å². The molecule has 12 heavy (non-hydrogen) atoms. The van der Waals surface area contributed by atoms with Crippen LogP contribution in [0.5, 0.6) is 0 Å². The number of aliphatic hydroxyl groups excluding tert-OH is 1. The van der Waals surface area contributed by atoms with Crippen LogP contribution in [0.3, 0.4) is 0 Å². The summed E-state index contributed by atoms with van der Waals surface area (Å²) in [7, 11) is 0. The minimum atomic E-state index is -0.0768. The first kappa shape index (κ1) is 9.48. The molecule has 0 radical (unpaired) electrons. The van der Waals surface area contributed by atoms with Gasteiger partial charge < -0.3 is 10.4 Å². The van der Waals surface area contributed by atoms with E-state index in [1.807, 2.05) is 19.2 Å². The lowest BCUT2D eigenvalue weighted by atomic mass is 10.0. The normalized spacial score (nSPS) is 11.6. The molecule has 0 fully saturated rings. The highest BCUT2D eigenvalue weighted by Crippen LogP contribution is 2.19. The van der Waals surface area contributed by atoms with Gasteiger partial charge in [-0.1, -0.05) is 0 Å². The molecule has 0 bridgehead atoms. The molecule has 3 nitrogen and oxygen atoms in total. The lowest BCUT2D eigenvalue weighted by molar-refractivity contribution is 0.261. The maximum Gasteiger partial charge on any atom is 0.182 e. The van der Waals surface area contributed by atoms with E-state index < -0.39 is 0 Å². The Bertz CT molecular complexity index is 221. The van der Waals surface area contributed by atoms with E-state index in [9.17, 15) is 0 Å². The average molecular weight is 186 g/mol. The molecule has 0 aliphatic rings. The number of aromatic nitrogens is 1. The molecule has 0 atom stereocenters. The molecule has 4 heteroatoms. The molecular formula is C8H14N2OS. The molecule has 1 rings (SSSR count). The van der Waals surface area contributed by atoms with Crippen LogP contribution in [0.1, 0.15) is 20.3 Å². The molecule has 0 aliphatic carbocycles. The van der Waals surface area contributed by atoms with E-state index in [1.165, 1.54) is 0 Å². The molecule has 0 saturated heterocycles. The van der Waals surface area contributed by atoms with Crippen molar-refractivity contribution in [3.05, 3.63) is 11.6 Å². The third kappa shape index (κ3) is 2.79. The van der Waals surface area contributed by atoms with E-state index in [0.717, 1.165) is 11.6 Å². The van der Waals surface area contributed by atoms with Gasteiger partial charge in [0.15, 0.2) is 5.13 Å². The van der Waals surface area contributed by atoms with E-state index in [-0.39, 0.29) is 12.1 Å². The lowest BCUT2D eigenvalue weighted by Crippen LogP contribution is -2.31. The predicted molar refractivity (Wildman–Crippen MR) is 51.5 cm³/mol. The zero-order chi connectivity index (χ0) is 9.03. The Balaban J connectivity index is 2.50. The first-order chi connectivity index (χ1) is 5.64. The van der Waals surface area contributed by atoms with Gasteiger partial charge in [0, 0.05) is 23.7 Å². The Labute approximate surface area is 76.5 Å². The standard InChI is InChI=1S/C8H14N2OS/c1-8(2,3-5-11)10-7-9-4-6-12-7/h4,6,11H,3,5H2,1-2H3,(H,9,10). The highest BCUT2D eigenvalue weighted by molar-refractivity contribution is 7.13. The third-order valence-electron chi connectivity index (χ3n) is 1.61. The second-order valence-corrected chi connectivity index (χ2v) is 4.21. The van der Waals surface area contributed by atoms with Crippen molar-refractivity contribution < 1.29 is 5.11 Å². The second kappa shape index (κ2) is 3.87. The van der Waals surface area contributed by atoms with Crippen LogP contribution in [0.15, 0.2) is 11.6 Å². The lowest BCUT2D eigenvalue weighted by Gasteiger charge is -2.24. The van der Waals surface area contributed by atoms with Crippen LogP contribution < -0.4 is 5.32 Å². The van der Waals surface area contributed by atoms with Crippen molar-refractivity contribution in [2.75, 3.05) is 11.9 Å². The van der Waals surface area contributed by atoms with Crippen molar-refractivity contribution in [1.82, 2.24) is 4.98 Å². The smallest absolute Gasteiger partial charge is 0.182 e. The molecule has 1 aromatic heterocycles. The molecule has 0 aromatic carbocycles. The molecule has 1 aromatic rings. The van der Waals surface area contributed by atoms with E-state index in [0.29, 0.717) is 0 Å². The van der Waals surface area contributed by atoms with Crippen molar-refractivity contribution in [3.8, 4) is 0 Å². The SMILES string of the molecule is CC(C)(CCO)Nc1nccs1. The summed E-state index contributed by atoms with van der Waals surface area (Å²) >= 11 is 1.57. The number of anilines is 1. The number of thiazole rings is 1. The zero-order valence-electron chi connectivity index (χ0n) is 7.37. The fourth-order valence-electron chi connectivity index (χ4n) is 0.917. The first-order valence-corrected chi connectivity index (χ1v) is 4.80. The molecule has 0 saturated carbocycles. The summed E-state index contributed by atoms with van der Waals surface area (Å²) in [6.45, 7) is 4.29. The van der Waals surface area contributed by atoms with Crippen LogP contribution in [0.2, 0.25) is 0 Å². The second-order valence-electron chi connectivity index (χ2n) is 3.32. The first-order valence-electron chi connectivity index (χ1n) is 3.92. The Kier molecular flexibility index (Phi) is 3.05. The number of nitrogens with one attached hydrogen (secondary N) is 1. The Hall–Kier alpha value is -0.610. The number of hydrogen-bond acceptors (Lipinski definition) is 4. The topological polar surface area (TPSA) is 45.1 Å². The monoisotopic (exact) mass is 186 g/mol. The van der Waals surface area contributed by atoms with Crippen LogP contribution in [0.4, 0.5) is 5.13 Å². The van der Waals surface area contributed by atoms with Gasteiger partial charge in [-0.2, -0.15) is 0 Å². The number of rotatable bonds is 4. The van der Waals surface area contributed by atoms with Crippen molar-refractivity contribution in [3.63, 3.8) is 0 Å². The summed E-state index contributed by atoms with van der Waals surface area (Å²) in [4.78, 5) is 4.11. The number of hydrogen-bond donors (Lipinski definition) is 2. The van der Waals surface area contributed by atoms with Crippen LogP contribution in [-0.4, -0.2) is 22.2 Å². The molecular weight excluding hydrogens is 172 g/mol. The quantitative estimate of drug-likeness (QED) is 0.752. The van der Waals surface area contributed by atoms with Gasteiger partial charge in [-0.25, -0.2) is 4.98 Å². The highest BCUT2D eigenvalue weighted by atomic mass is 32.1. The summed E-state index contributed by atoms with van der Waals surface area (Å²) in [5.74, 6) is 0. The van der Waals surface area contributed by atoms with Gasteiger partial charge in [-0.05, 0) is 20.3 Å². The predicted octanol–water partition coefficient (Wildman–Crippen LogP) is 1.72. The number of aliphatic hydroxyl groups is 1. The van der Waals surface area contributed by atoms with Crippen LogP contribution >= 0.6 is 11.3 Å². The van der Waals surface area contributed by atoms with Crippen LogP contribution in [-0.2, 0) is 0 Å². The number of nitrogens with zero attached hydrogens (tertiary/aromatic N) is 1. The van der Waals surface area contributed by atoms with Crippen molar-refractivity contribution in [2.24, 2.45) is 0 Å². The summed E-state index contributed by atoms with van der Waals surface area (Å²) < 4.78 is 0. The third-order valence-corrected chi connectivity index (χ3v) is 2.30. The maximum absolute atomic E-state index is 8.77. The van der Waals surface area contributed by atoms with E-state index in [1.54, 1.807) is 17.5 Å².